The van der Waals surface area contributed by atoms with Gasteiger partial charge in [0.2, 0.25) is 5.91 Å². The molecule has 1 aromatic carbocycles. The Morgan fingerprint density at radius 2 is 2.00 bits per heavy atom. The van der Waals surface area contributed by atoms with Gasteiger partial charge in [0.15, 0.2) is 16.7 Å². The monoisotopic (exact) mass is 384 g/mol. The van der Waals surface area contributed by atoms with Gasteiger partial charge in [0.05, 0.1) is 11.5 Å². The van der Waals surface area contributed by atoms with E-state index in [4.69, 9.17) is 4.42 Å². The van der Waals surface area contributed by atoms with E-state index in [9.17, 15) is 4.79 Å². The zero-order valence-corrected chi connectivity index (χ0v) is 16.6. The number of amides is 1. The highest BCUT2D eigenvalue weighted by Gasteiger charge is 2.21. The first-order valence-electron chi connectivity index (χ1n) is 9.02. The van der Waals surface area contributed by atoms with Gasteiger partial charge < -0.3 is 14.3 Å². The molecule has 27 heavy (non-hydrogen) atoms. The Balaban J connectivity index is 1.58. The maximum Gasteiger partial charge on any atom is 0.233 e. The van der Waals surface area contributed by atoms with Gasteiger partial charge in [-0.25, -0.2) is 0 Å². The molecule has 0 saturated carbocycles. The van der Waals surface area contributed by atoms with Crippen molar-refractivity contribution in [3.05, 3.63) is 54.3 Å². The smallest absolute Gasteiger partial charge is 0.233 e. The van der Waals surface area contributed by atoms with E-state index in [0.29, 0.717) is 29.2 Å². The van der Waals surface area contributed by atoms with Gasteiger partial charge >= 0.3 is 0 Å². The van der Waals surface area contributed by atoms with Crippen molar-refractivity contribution in [3.8, 4) is 11.6 Å². The molecule has 7 heteroatoms. The van der Waals surface area contributed by atoms with Crippen molar-refractivity contribution in [1.29, 1.82) is 0 Å². The Bertz CT molecular complexity index is 862. The van der Waals surface area contributed by atoms with Gasteiger partial charge in [0.25, 0.3) is 0 Å². The standard InChI is InChI=1S/C20H24N4O2S/c1-4-15(16-9-6-5-7-10-16)13-21-19(25)14(2)27-20-23-22-18(24(20)3)17-11-8-12-26-17/h5-12,14-15H,4,13H2,1-3H3,(H,21,25)/t14-,15+/m0/s1. The number of thioether (sulfide) groups is 1. The summed E-state index contributed by atoms with van der Waals surface area (Å²) in [6.07, 6.45) is 2.57. The average molecular weight is 385 g/mol. The third kappa shape index (κ3) is 4.60. The quantitative estimate of drug-likeness (QED) is 0.597. The third-order valence-corrected chi connectivity index (χ3v) is 5.65. The van der Waals surface area contributed by atoms with E-state index < -0.39 is 0 Å². The zero-order chi connectivity index (χ0) is 19.2. The van der Waals surface area contributed by atoms with Crippen LogP contribution in [0.4, 0.5) is 0 Å². The van der Waals surface area contributed by atoms with E-state index in [1.807, 2.05) is 48.9 Å². The predicted octanol–water partition coefficient (Wildman–Crippen LogP) is 3.87. The molecule has 142 valence electrons. The van der Waals surface area contributed by atoms with E-state index >= 15 is 0 Å². The van der Waals surface area contributed by atoms with Crippen LogP contribution in [0.1, 0.15) is 31.7 Å². The van der Waals surface area contributed by atoms with Crippen molar-refractivity contribution in [1.82, 2.24) is 20.1 Å². The van der Waals surface area contributed by atoms with Crippen LogP contribution in [0.5, 0.6) is 0 Å². The number of rotatable bonds is 8. The van der Waals surface area contributed by atoms with Crippen molar-refractivity contribution in [2.24, 2.45) is 7.05 Å². The molecule has 2 heterocycles. The molecule has 6 nitrogen and oxygen atoms in total. The van der Waals surface area contributed by atoms with Crippen molar-refractivity contribution in [3.63, 3.8) is 0 Å². The number of hydrogen-bond donors (Lipinski definition) is 1. The van der Waals surface area contributed by atoms with E-state index in [2.05, 4.69) is 34.6 Å². The van der Waals surface area contributed by atoms with Crippen LogP contribution in [0.2, 0.25) is 0 Å². The van der Waals surface area contributed by atoms with Crippen LogP contribution in [-0.2, 0) is 11.8 Å². The molecule has 0 bridgehead atoms. The van der Waals surface area contributed by atoms with Crippen LogP contribution in [0.25, 0.3) is 11.6 Å². The molecule has 0 radical (unpaired) electrons. The number of benzene rings is 1. The molecule has 0 aliphatic carbocycles. The first kappa shape index (κ1) is 19.2. The summed E-state index contributed by atoms with van der Waals surface area (Å²) in [5, 5.41) is 11.8. The van der Waals surface area contributed by atoms with Gasteiger partial charge in [-0.15, -0.1) is 10.2 Å². The largest absolute Gasteiger partial charge is 0.461 e. The first-order chi connectivity index (χ1) is 13.1. The Labute approximate surface area is 163 Å². The minimum Gasteiger partial charge on any atom is -0.461 e. The molecule has 1 amide bonds. The molecular weight excluding hydrogens is 360 g/mol. The fraction of sp³-hybridized carbons (Fsp3) is 0.350. The van der Waals surface area contributed by atoms with Crippen molar-refractivity contribution >= 4 is 17.7 Å². The highest BCUT2D eigenvalue weighted by Crippen LogP contribution is 2.26. The van der Waals surface area contributed by atoms with Crippen LogP contribution in [0, 0.1) is 0 Å². The van der Waals surface area contributed by atoms with Crippen LogP contribution < -0.4 is 5.32 Å². The molecule has 0 unspecified atom stereocenters. The summed E-state index contributed by atoms with van der Waals surface area (Å²) in [4.78, 5) is 12.5. The van der Waals surface area contributed by atoms with Gasteiger partial charge in [-0.05, 0) is 31.0 Å². The molecule has 1 N–H and O–H groups in total. The van der Waals surface area contributed by atoms with Crippen molar-refractivity contribution in [2.45, 2.75) is 36.6 Å². The lowest BCUT2D eigenvalue weighted by Crippen LogP contribution is -2.34. The maximum atomic E-state index is 12.5. The highest BCUT2D eigenvalue weighted by atomic mass is 32.2. The third-order valence-electron chi connectivity index (χ3n) is 4.51. The van der Waals surface area contributed by atoms with Gasteiger partial charge in [-0.1, -0.05) is 49.0 Å². The summed E-state index contributed by atoms with van der Waals surface area (Å²) in [5.74, 6) is 1.61. The minimum absolute atomic E-state index is 0.00284. The van der Waals surface area contributed by atoms with E-state index in [-0.39, 0.29) is 11.2 Å². The first-order valence-corrected chi connectivity index (χ1v) is 9.90. The Morgan fingerprint density at radius 1 is 1.22 bits per heavy atom. The predicted molar refractivity (Wildman–Crippen MR) is 107 cm³/mol. The van der Waals surface area contributed by atoms with Crippen molar-refractivity contribution in [2.75, 3.05) is 6.54 Å². The SMILES string of the molecule is CC[C@H](CNC(=O)[C@H](C)Sc1nnc(-c2ccco2)n1C)c1ccccc1. The number of carbonyl (C=O) groups is 1. The number of nitrogens with one attached hydrogen (secondary N) is 1. The Hall–Kier alpha value is -2.54. The second-order valence-corrected chi connectivity index (χ2v) is 7.67. The van der Waals surface area contributed by atoms with E-state index in [1.165, 1.54) is 17.3 Å². The van der Waals surface area contributed by atoms with E-state index in [0.717, 1.165) is 6.42 Å². The summed E-state index contributed by atoms with van der Waals surface area (Å²) in [7, 11) is 1.87. The molecule has 2 atom stereocenters. The normalized spacial score (nSPS) is 13.3. The molecule has 0 aliphatic rings. The van der Waals surface area contributed by atoms with Crippen LogP contribution in [0.15, 0.2) is 58.3 Å². The summed E-state index contributed by atoms with van der Waals surface area (Å²) >= 11 is 1.39. The Morgan fingerprint density at radius 3 is 2.67 bits per heavy atom. The molecule has 0 spiro atoms. The van der Waals surface area contributed by atoms with Crippen LogP contribution in [-0.4, -0.2) is 32.5 Å². The summed E-state index contributed by atoms with van der Waals surface area (Å²) < 4.78 is 7.21. The second-order valence-electron chi connectivity index (χ2n) is 6.36. The summed E-state index contributed by atoms with van der Waals surface area (Å²) in [6.45, 7) is 4.64. The minimum atomic E-state index is -0.273. The lowest BCUT2D eigenvalue weighted by molar-refractivity contribution is -0.120. The fourth-order valence-electron chi connectivity index (χ4n) is 2.84. The fourth-order valence-corrected chi connectivity index (χ4v) is 3.68. The molecule has 2 aromatic heterocycles. The van der Waals surface area contributed by atoms with Gasteiger partial charge in [-0.2, -0.15) is 0 Å². The topological polar surface area (TPSA) is 73.0 Å². The summed E-state index contributed by atoms with van der Waals surface area (Å²) in [5.41, 5.74) is 1.25. The summed E-state index contributed by atoms with van der Waals surface area (Å²) in [6, 6.07) is 13.9. The second kappa shape index (κ2) is 8.90. The maximum absolute atomic E-state index is 12.5. The lowest BCUT2D eigenvalue weighted by Gasteiger charge is -2.18. The average Bonchev–Trinajstić information content (AvgIpc) is 3.33. The molecule has 0 fully saturated rings. The number of nitrogens with zero attached hydrogens (tertiary/aromatic N) is 3. The van der Waals surface area contributed by atoms with Crippen molar-refractivity contribution < 1.29 is 9.21 Å². The Kier molecular flexibility index (Phi) is 6.34. The molecule has 0 aliphatic heterocycles. The van der Waals surface area contributed by atoms with Crippen LogP contribution in [0.3, 0.4) is 0 Å². The van der Waals surface area contributed by atoms with Gasteiger partial charge in [0.1, 0.15) is 0 Å². The van der Waals surface area contributed by atoms with Gasteiger partial charge in [0, 0.05) is 19.5 Å². The molecule has 3 rings (SSSR count). The number of hydrogen-bond acceptors (Lipinski definition) is 5. The number of aromatic nitrogens is 3. The highest BCUT2D eigenvalue weighted by molar-refractivity contribution is 8.00. The lowest BCUT2D eigenvalue weighted by atomic mass is 9.96. The molecule has 0 saturated heterocycles. The number of furan rings is 1. The molecular formula is C20H24N4O2S. The van der Waals surface area contributed by atoms with Crippen LogP contribution >= 0.6 is 11.8 Å². The van der Waals surface area contributed by atoms with E-state index in [1.54, 1.807) is 6.26 Å². The van der Waals surface area contributed by atoms with Gasteiger partial charge in [-0.3, -0.25) is 4.79 Å². The molecule has 3 aromatic rings. The zero-order valence-electron chi connectivity index (χ0n) is 15.8. The number of carbonyl (C=O) groups excluding carboxylic acids is 1.